The van der Waals surface area contributed by atoms with Gasteiger partial charge in [-0.2, -0.15) is 0 Å². The highest BCUT2D eigenvalue weighted by Gasteiger charge is 2.38. The van der Waals surface area contributed by atoms with Gasteiger partial charge in [-0.1, -0.05) is 86.3 Å². The molecule has 0 bridgehead atoms. The predicted octanol–water partition coefficient (Wildman–Crippen LogP) is 1.59. The molecule has 6 rings (SSSR count). The number of nitrogens with zero attached hydrogens (tertiary/aromatic N) is 2. The van der Waals surface area contributed by atoms with Crippen LogP contribution in [0, 0.1) is 11.8 Å². The van der Waals surface area contributed by atoms with Crippen LogP contribution in [0.1, 0.15) is 74.6 Å². The highest BCUT2D eigenvalue weighted by Crippen LogP contribution is 2.31. The number of rotatable bonds is 10. The number of benzene rings is 2. The van der Waals surface area contributed by atoms with E-state index in [-0.39, 0.29) is 35.7 Å². The van der Waals surface area contributed by atoms with Gasteiger partial charge in [0.15, 0.2) is 0 Å². The number of nitrogens with two attached hydrogens (primary N) is 2. The summed E-state index contributed by atoms with van der Waals surface area (Å²) in [7, 11) is 0. The fourth-order valence-electron chi connectivity index (χ4n) is 8.16. The second kappa shape index (κ2) is 19.0. The molecule has 0 unspecified atom stereocenters. The van der Waals surface area contributed by atoms with Crippen molar-refractivity contribution < 1.29 is 19.2 Å². The highest BCUT2D eigenvalue weighted by molar-refractivity contribution is 5.89. The molecule has 2 aromatic rings. The summed E-state index contributed by atoms with van der Waals surface area (Å²) in [4.78, 5) is 54.6. The van der Waals surface area contributed by atoms with Crippen molar-refractivity contribution in [2.45, 2.75) is 75.5 Å². The first-order chi connectivity index (χ1) is 24.3. The molecular formula is C38H56N8O4. The molecule has 4 aliphatic rings. The van der Waals surface area contributed by atoms with E-state index in [0.29, 0.717) is 0 Å². The fourth-order valence-corrected chi connectivity index (χ4v) is 8.16. The molecule has 272 valence electrons. The lowest BCUT2D eigenvalue weighted by Crippen LogP contribution is -2.55. The van der Waals surface area contributed by atoms with Crippen LogP contribution in [0.2, 0.25) is 0 Å². The molecule has 4 fully saturated rings. The number of piperazine rings is 2. The van der Waals surface area contributed by atoms with Gasteiger partial charge in [-0.3, -0.25) is 29.0 Å². The summed E-state index contributed by atoms with van der Waals surface area (Å²) >= 11 is 0. The van der Waals surface area contributed by atoms with Gasteiger partial charge < -0.3 is 32.7 Å². The molecule has 2 aromatic carbocycles. The first-order valence-electron chi connectivity index (χ1n) is 18.5. The van der Waals surface area contributed by atoms with Crippen molar-refractivity contribution in [2.24, 2.45) is 23.3 Å². The van der Waals surface area contributed by atoms with E-state index in [1.807, 2.05) is 60.7 Å². The lowest BCUT2D eigenvalue weighted by molar-refractivity contribution is -0.133. The molecule has 2 saturated heterocycles. The van der Waals surface area contributed by atoms with Gasteiger partial charge >= 0.3 is 0 Å². The van der Waals surface area contributed by atoms with E-state index in [2.05, 4.69) is 31.1 Å². The summed E-state index contributed by atoms with van der Waals surface area (Å²) in [6.45, 7) is 7.80. The fraction of sp³-hybridized carbons (Fsp3) is 0.579. The highest BCUT2D eigenvalue weighted by atomic mass is 16.2. The van der Waals surface area contributed by atoms with Crippen molar-refractivity contribution >= 4 is 23.6 Å². The SMILES string of the molecule is NC(=O)[C@@H](NC(=O)[C@@H]1CCCC[C@H]1N1CCNCC1)c1ccccc1.NC(=O)[C@@H](NC(=O)[C@H]1CCCC[C@@H]1N1CCNCC1)c1ccccc1. The lowest BCUT2D eigenvalue weighted by Gasteiger charge is -2.41. The lowest BCUT2D eigenvalue weighted by atomic mass is 9.82. The maximum Gasteiger partial charge on any atom is 0.244 e. The first kappa shape index (κ1) is 37.4. The average molecular weight is 689 g/mol. The molecule has 4 amide bonds. The van der Waals surface area contributed by atoms with Gasteiger partial charge in [0.2, 0.25) is 23.6 Å². The van der Waals surface area contributed by atoms with Crippen molar-refractivity contribution in [2.75, 3.05) is 52.4 Å². The average Bonchev–Trinajstić information content (AvgIpc) is 3.17. The zero-order chi connectivity index (χ0) is 35.3. The van der Waals surface area contributed by atoms with Crippen LogP contribution >= 0.6 is 0 Å². The van der Waals surface area contributed by atoms with Crippen LogP contribution in [0.15, 0.2) is 60.7 Å². The Hall–Kier alpha value is -3.84. The number of carbonyl (C=O) groups excluding carboxylic acids is 4. The minimum atomic E-state index is -0.765. The predicted molar refractivity (Wildman–Crippen MR) is 193 cm³/mol. The topological polar surface area (TPSA) is 175 Å². The molecule has 2 heterocycles. The summed E-state index contributed by atoms with van der Waals surface area (Å²) in [5.74, 6) is -1.27. The van der Waals surface area contributed by atoms with Crippen molar-refractivity contribution in [3.8, 4) is 0 Å². The number of amides is 4. The first-order valence-corrected chi connectivity index (χ1v) is 18.5. The van der Waals surface area contributed by atoms with Gasteiger partial charge in [0, 0.05) is 64.4 Å². The Morgan fingerprint density at radius 1 is 0.560 bits per heavy atom. The third-order valence-corrected chi connectivity index (χ3v) is 10.8. The Balaban J connectivity index is 0.000000194. The standard InChI is InChI=1S/2C19H28N4O2/c2*20-18(24)17(14-6-2-1-3-7-14)22-19(25)15-8-4-5-9-16(15)23-12-10-21-11-13-23/h2*1-3,6-7,15-17,21H,4-5,8-13H2,(H2,20,24)(H,22,25)/t15-,16-,17+;15-,16-,17-/m10/s1. The number of hydrogen-bond acceptors (Lipinski definition) is 8. The summed E-state index contributed by atoms with van der Waals surface area (Å²) in [6.07, 6.45) is 8.30. The van der Waals surface area contributed by atoms with Gasteiger partial charge in [0.25, 0.3) is 0 Å². The van der Waals surface area contributed by atoms with E-state index in [1.54, 1.807) is 0 Å². The Labute approximate surface area is 296 Å². The van der Waals surface area contributed by atoms with Crippen LogP contribution in [0.25, 0.3) is 0 Å². The van der Waals surface area contributed by atoms with Crippen LogP contribution in [0.3, 0.4) is 0 Å². The van der Waals surface area contributed by atoms with E-state index in [4.69, 9.17) is 11.5 Å². The molecule has 50 heavy (non-hydrogen) atoms. The molecule has 12 nitrogen and oxygen atoms in total. The Morgan fingerprint density at radius 3 is 1.24 bits per heavy atom. The van der Waals surface area contributed by atoms with Crippen molar-refractivity contribution in [1.29, 1.82) is 0 Å². The molecular weight excluding hydrogens is 632 g/mol. The van der Waals surface area contributed by atoms with Gasteiger partial charge in [0.1, 0.15) is 12.1 Å². The quantitative estimate of drug-likeness (QED) is 0.218. The Morgan fingerprint density at radius 2 is 0.900 bits per heavy atom. The van der Waals surface area contributed by atoms with Gasteiger partial charge in [-0.15, -0.1) is 0 Å². The minimum absolute atomic E-state index is 0.0455. The molecule has 12 heteroatoms. The Kier molecular flexibility index (Phi) is 14.2. The van der Waals surface area contributed by atoms with Crippen LogP contribution in [0.4, 0.5) is 0 Å². The number of nitrogens with one attached hydrogen (secondary N) is 4. The molecule has 6 atom stereocenters. The normalized spacial score (nSPS) is 25.9. The van der Waals surface area contributed by atoms with Crippen LogP contribution in [-0.2, 0) is 19.2 Å². The van der Waals surface area contributed by atoms with Gasteiger partial charge in [-0.05, 0) is 36.8 Å². The number of primary amides is 2. The Bertz CT molecular complexity index is 1280. The van der Waals surface area contributed by atoms with E-state index >= 15 is 0 Å². The largest absolute Gasteiger partial charge is 0.368 e. The van der Waals surface area contributed by atoms with E-state index < -0.39 is 23.9 Å². The van der Waals surface area contributed by atoms with E-state index in [0.717, 1.165) is 115 Å². The molecule has 0 aromatic heterocycles. The molecule has 2 aliphatic heterocycles. The summed E-state index contributed by atoms with van der Waals surface area (Å²) in [5, 5.41) is 12.6. The molecule has 8 N–H and O–H groups in total. The van der Waals surface area contributed by atoms with E-state index in [1.165, 1.54) is 0 Å². The van der Waals surface area contributed by atoms with Crippen molar-refractivity contribution in [1.82, 2.24) is 31.1 Å². The third-order valence-electron chi connectivity index (χ3n) is 10.8. The second-order valence-electron chi connectivity index (χ2n) is 14.0. The summed E-state index contributed by atoms with van der Waals surface area (Å²) in [6, 6.07) is 17.4. The third kappa shape index (κ3) is 10.1. The molecule has 2 aliphatic carbocycles. The zero-order valence-corrected chi connectivity index (χ0v) is 29.2. The monoisotopic (exact) mass is 688 g/mol. The number of carbonyl (C=O) groups is 4. The molecule has 0 spiro atoms. The molecule has 2 saturated carbocycles. The van der Waals surface area contributed by atoms with Crippen molar-refractivity contribution in [3.63, 3.8) is 0 Å². The summed E-state index contributed by atoms with van der Waals surface area (Å²) in [5.41, 5.74) is 12.6. The van der Waals surface area contributed by atoms with Crippen LogP contribution in [-0.4, -0.2) is 97.9 Å². The summed E-state index contributed by atoms with van der Waals surface area (Å²) < 4.78 is 0. The van der Waals surface area contributed by atoms with Gasteiger partial charge in [-0.25, -0.2) is 0 Å². The second-order valence-corrected chi connectivity index (χ2v) is 14.0. The van der Waals surface area contributed by atoms with Crippen LogP contribution in [0.5, 0.6) is 0 Å². The van der Waals surface area contributed by atoms with Crippen LogP contribution < -0.4 is 32.7 Å². The molecule has 0 radical (unpaired) electrons. The van der Waals surface area contributed by atoms with E-state index in [9.17, 15) is 19.2 Å². The van der Waals surface area contributed by atoms with Gasteiger partial charge in [0.05, 0.1) is 11.8 Å². The zero-order valence-electron chi connectivity index (χ0n) is 29.2. The number of hydrogen-bond donors (Lipinski definition) is 6. The minimum Gasteiger partial charge on any atom is -0.368 e. The smallest absolute Gasteiger partial charge is 0.244 e. The maximum atomic E-state index is 13.0. The van der Waals surface area contributed by atoms with Crippen molar-refractivity contribution in [3.05, 3.63) is 71.8 Å². The maximum absolute atomic E-state index is 13.0.